The zero-order valence-electron chi connectivity index (χ0n) is 10.4. The van der Waals surface area contributed by atoms with E-state index in [4.69, 9.17) is 4.52 Å². The van der Waals surface area contributed by atoms with Crippen LogP contribution in [0.5, 0.6) is 0 Å². The fourth-order valence-electron chi connectivity index (χ4n) is 2.13. The van der Waals surface area contributed by atoms with Gasteiger partial charge in [0, 0.05) is 16.6 Å². The van der Waals surface area contributed by atoms with E-state index in [0.29, 0.717) is 24.7 Å². The zero-order valence-corrected chi connectivity index (χ0v) is 12.0. The van der Waals surface area contributed by atoms with Crippen molar-refractivity contribution in [3.8, 4) is 11.4 Å². The molecule has 100 valence electrons. The fourth-order valence-corrected chi connectivity index (χ4v) is 2.51. The van der Waals surface area contributed by atoms with Gasteiger partial charge in [0.15, 0.2) is 0 Å². The molecule has 2 aromatic rings. The minimum Gasteiger partial charge on any atom is -0.392 e. The first kappa shape index (κ1) is 12.8. The molecular weight excluding hydrogens is 310 g/mol. The fraction of sp³-hybridized carbons (Fsp3) is 0.385. The molecule has 0 radical (unpaired) electrons. The Morgan fingerprint density at radius 1 is 1.47 bits per heavy atom. The van der Waals surface area contributed by atoms with Crippen LogP contribution in [0.3, 0.4) is 0 Å². The van der Waals surface area contributed by atoms with Crippen molar-refractivity contribution in [1.82, 2.24) is 15.5 Å². The number of benzene rings is 1. The van der Waals surface area contributed by atoms with Crippen LogP contribution in [-0.4, -0.2) is 27.9 Å². The largest absolute Gasteiger partial charge is 0.392 e. The van der Waals surface area contributed by atoms with Crippen LogP contribution in [0.2, 0.25) is 0 Å². The first-order valence-corrected chi connectivity index (χ1v) is 6.94. The number of nitrogens with zero attached hydrogens (tertiary/aromatic N) is 2. The van der Waals surface area contributed by atoms with Gasteiger partial charge >= 0.3 is 0 Å². The van der Waals surface area contributed by atoms with Gasteiger partial charge in [0.05, 0.1) is 12.1 Å². The highest BCUT2D eigenvalue weighted by Gasteiger charge is 2.28. The SMILES string of the molecule is Cc1ccc(-c2noc([C@@H]3C[C@@H](O)CN3)n2)cc1Br. The van der Waals surface area contributed by atoms with Crippen molar-refractivity contribution in [2.24, 2.45) is 0 Å². The van der Waals surface area contributed by atoms with Crippen LogP contribution in [0.1, 0.15) is 23.9 Å². The number of halogens is 1. The number of hydrogen-bond donors (Lipinski definition) is 2. The number of β-amino-alcohol motifs (C(OH)–C–C–N with tert-alkyl or cyclic N) is 1. The van der Waals surface area contributed by atoms with Gasteiger partial charge in [-0.05, 0) is 25.0 Å². The molecule has 5 nitrogen and oxygen atoms in total. The lowest BCUT2D eigenvalue weighted by Crippen LogP contribution is -2.15. The van der Waals surface area contributed by atoms with Gasteiger partial charge in [0.1, 0.15) is 0 Å². The van der Waals surface area contributed by atoms with Crippen LogP contribution in [-0.2, 0) is 0 Å². The third-order valence-electron chi connectivity index (χ3n) is 3.28. The van der Waals surface area contributed by atoms with E-state index >= 15 is 0 Å². The number of aliphatic hydroxyl groups is 1. The van der Waals surface area contributed by atoms with E-state index in [0.717, 1.165) is 15.6 Å². The van der Waals surface area contributed by atoms with Crippen molar-refractivity contribution in [3.63, 3.8) is 0 Å². The average molecular weight is 324 g/mol. The Kier molecular flexibility index (Phi) is 3.38. The van der Waals surface area contributed by atoms with Gasteiger partial charge in [0.2, 0.25) is 11.7 Å². The van der Waals surface area contributed by atoms with Crippen LogP contribution in [0.4, 0.5) is 0 Å². The van der Waals surface area contributed by atoms with Gasteiger partial charge in [0.25, 0.3) is 0 Å². The van der Waals surface area contributed by atoms with Crippen LogP contribution < -0.4 is 5.32 Å². The van der Waals surface area contributed by atoms with E-state index in [-0.39, 0.29) is 12.1 Å². The summed E-state index contributed by atoms with van der Waals surface area (Å²) < 4.78 is 6.29. The molecule has 2 N–H and O–H groups in total. The first-order valence-electron chi connectivity index (χ1n) is 6.15. The van der Waals surface area contributed by atoms with Crippen molar-refractivity contribution < 1.29 is 9.63 Å². The van der Waals surface area contributed by atoms with Crippen LogP contribution in [0.25, 0.3) is 11.4 Å². The molecule has 0 aliphatic carbocycles. The summed E-state index contributed by atoms with van der Waals surface area (Å²) in [5.41, 5.74) is 2.07. The van der Waals surface area contributed by atoms with Gasteiger partial charge in [-0.2, -0.15) is 4.98 Å². The summed E-state index contributed by atoms with van der Waals surface area (Å²) in [4.78, 5) is 4.40. The zero-order chi connectivity index (χ0) is 13.4. The minimum atomic E-state index is -0.339. The van der Waals surface area contributed by atoms with Crippen molar-refractivity contribution in [2.45, 2.75) is 25.5 Å². The summed E-state index contributed by atoms with van der Waals surface area (Å²) >= 11 is 3.49. The van der Waals surface area contributed by atoms with E-state index in [1.54, 1.807) is 0 Å². The summed E-state index contributed by atoms with van der Waals surface area (Å²) in [6, 6.07) is 5.89. The molecule has 1 fully saturated rings. The standard InChI is InChI=1S/C13H14BrN3O2/c1-7-2-3-8(4-10(7)14)12-16-13(19-17-12)11-5-9(18)6-15-11/h2-4,9,11,15,18H,5-6H2,1H3/t9-,11+/m1/s1. The Morgan fingerprint density at radius 3 is 3.00 bits per heavy atom. The monoisotopic (exact) mass is 323 g/mol. The highest BCUT2D eigenvalue weighted by molar-refractivity contribution is 9.10. The van der Waals surface area contributed by atoms with Crippen LogP contribution in [0, 0.1) is 6.92 Å². The number of hydrogen-bond acceptors (Lipinski definition) is 5. The van der Waals surface area contributed by atoms with Crippen molar-refractivity contribution in [3.05, 3.63) is 34.1 Å². The smallest absolute Gasteiger partial charge is 0.244 e. The Labute approximate surface area is 119 Å². The summed E-state index contributed by atoms with van der Waals surface area (Å²) in [6.07, 6.45) is 0.271. The Bertz CT molecular complexity index is 599. The number of nitrogens with one attached hydrogen (secondary N) is 1. The lowest BCUT2D eigenvalue weighted by Gasteiger charge is -2.02. The van der Waals surface area contributed by atoms with Crippen LogP contribution in [0.15, 0.2) is 27.2 Å². The lowest BCUT2D eigenvalue weighted by atomic mass is 10.1. The van der Waals surface area contributed by atoms with Crippen molar-refractivity contribution in [1.29, 1.82) is 0 Å². The Hall–Kier alpha value is -1.24. The summed E-state index contributed by atoms with van der Waals surface area (Å²) in [5.74, 6) is 1.10. The summed E-state index contributed by atoms with van der Waals surface area (Å²) in [7, 11) is 0. The molecule has 1 saturated heterocycles. The maximum absolute atomic E-state index is 9.49. The molecule has 0 spiro atoms. The maximum atomic E-state index is 9.49. The summed E-state index contributed by atoms with van der Waals surface area (Å²) in [6.45, 7) is 2.60. The Balaban J connectivity index is 1.86. The number of aromatic nitrogens is 2. The molecule has 6 heteroatoms. The average Bonchev–Trinajstić information content (AvgIpc) is 3.01. The highest BCUT2D eigenvalue weighted by Crippen LogP contribution is 2.27. The van der Waals surface area contributed by atoms with Crippen molar-refractivity contribution in [2.75, 3.05) is 6.54 Å². The normalized spacial score (nSPS) is 22.9. The quantitative estimate of drug-likeness (QED) is 0.886. The van der Waals surface area contributed by atoms with Gasteiger partial charge in [-0.3, -0.25) is 0 Å². The predicted molar refractivity (Wildman–Crippen MR) is 73.5 cm³/mol. The molecule has 3 rings (SSSR count). The van der Waals surface area contributed by atoms with E-state index in [1.807, 2.05) is 25.1 Å². The minimum absolute atomic E-state index is 0.0508. The third-order valence-corrected chi connectivity index (χ3v) is 4.13. The maximum Gasteiger partial charge on any atom is 0.244 e. The second-order valence-corrected chi connectivity index (χ2v) is 5.62. The predicted octanol–water partition coefficient (Wildman–Crippen LogP) is 2.20. The molecule has 2 heterocycles. The molecule has 1 aromatic heterocycles. The second-order valence-electron chi connectivity index (χ2n) is 4.77. The van der Waals surface area contributed by atoms with Crippen LogP contribution >= 0.6 is 15.9 Å². The van der Waals surface area contributed by atoms with Gasteiger partial charge in [-0.25, -0.2) is 0 Å². The second kappa shape index (κ2) is 5.03. The molecule has 19 heavy (non-hydrogen) atoms. The Morgan fingerprint density at radius 2 is 2.32 bits per heavy atom. The molecule has 0 amide bonds. The van der Waals surface area contributed by atoms with Gasteiger partial charge < -0.3 is 14.9 Å². The van der Waals surface area contributed by atoms with Crippen molar-refractivity contribution >= 4 is 15.9 Å². The topological polar surface area (TPSA) is 71.2 Å². The molecule has 0 bridgehead atoms. The highest BCUT2D eigenvalue weighted by atomic mass is 79.9. The number of aliphatic hydroxyl groups excluding tert-OH is 1. The number of aryl methyl sites for hydroxylation is 1. The van der Waals surface area contributed by atoms with E-state index < -0.39 is 0 Å². The lowest BCUT2D eigenvalue weighted by molar-refractivity contribution is 0.191. The summed E-state index contributed by atoms with van der Waals surface area (Å²) in [5, 5.41) is 16.6. The molecule has 2 atom stereocenters. The van der Waals surface area contributed by atoms with Gasteiger partial charge in [-0.1, -0.05) is 33.2 Å². The molecule has 0 unspecified atom stereocenters. The third kappa shape index (κ3) is 2.56. The first-order chi connectivity index (χ1) is 9.13. The van der Waals surface area contributed by atoms with E-state index in [9.17, 15) is 5.11 Å². The molecule has 1 aliphatic rings. The van der Waals surface area contributed by atoms with E-state index in [1.165, 1.54) is 0 Å². The molecule has 1 aromatic carbocycles. The van der Waals surface area contributed by atoms with E-state index in [2.05, 4.69) is 31.4 Å². The molecule has 0 saturated carbocycles. The molecular formula is C13H14BrN3O2. The number of rotatable bonds is 2. The molecule has 1 aliphatic heterocycles. The van der Waals surface area contributed by atoms with Gasteiger partial charge in [-0.15, -0.1) is 0 Å².